The van der Waals surface area contributed by atoms with Gasteiger partial charge < -0.3 is 4.90 Å². The van der Waals surface area contributed by atoms with Crippen LogP contribution in [0.2, 0.25) is 4.34 Å². The number of benzene rings is 1. The number of fused-ring (bicyclic) bond motifs is 1. The van der Waals surface area contributed by atoms with Crippen molar-refractivity contribution in [2.45, 2.75) is 52.4 Å². The Morgan fingerprint density at radius 3 is 2.53 bits per heavy atom. The first-order valence-corrected chi connectivity index (χ1v) is 13.3. The van der Waals surface area contributed by atoms with E-state index in [4.69, 9.17) is 11.6 Å². The van der Waals surface area contributed by atoms with Crippen molar-refractivity contribution in [3.8, 4) is 11.1 Å². The molecule has 4 aromatic rings. The summed E-state index contributed by atoms with van der Waals surface area (Å²) in [5, 5.41) is 5.01. The minimum absolute atomic E-state index is 0.0397. The number of rotatable bonds is 7. The van der Waals surface area contributed by atoms with Gasteiger partial charge in [0.1, 0.15) is 24.2 Å². The van der Waals surface area contributed by atoms with Gasteiger partial charge in [0, 0.05) is 48.0 Å². The molecular weight excluding hydrogens is 529 g/mol. The number of likely N-dealkylation sites (tertiary alicyclic amines) is 1. The van der Waals surface area contributed by atoms with Crippen LogP contribution in [0.5, 0.6) is 0 Å². The Morgan fingerprint density at radius 1 is 1.13 bits per heavy atom. The minimum Gasteiger partial charge on any atom is -0.328 e. The Kier molecular flexibility index (Phi) is 7.11. The molecular formula is C27H25ClFN5O3S. The van der Waals surface area contributed by atoms with Gasteiger partial charge in [0.05, 0.1) is 22.4 Å². The lowest BCUT2D eigenvalue weighted by molar-refractivity contribution is -0.138. The van der Waals surface area contributed by atoms with E-state index in [0.717, 1.165) is 21.6 Å². The number of hydrogen-bond acceptors (Lipinski definition) is 7. The van der Waals surface area contributed by atoms with E-state index in [0.29, 0.717) is 21.1 Å². The number of ketones is 2. The van der Waals surface area contributed by atoms with Gasteiger partial charge in [-0.25, -0.2) is 14.4 Å². The summed E-state index contributed by atoms with van der Waals surface area (Å²) in [4.78, 5) is 49.6. The predicted molar refractivity (Wildman–Crippen MR) is 143 cm³/mol. The highest BCUT2D eigenvalue weighted by atomic mass is 35.5. The van der Waals surface area contributed by atoms with Crippen LogP contribution in [0.4, 0.5) is 4.39 Å². The van der Waals surface area contributed by atoms with Crippen LogP contribution in [0.3, 0.4) is 0 Å². The van der Waals surface area contributed by atoms with E-state index < -0.39 is 18.1 Å². The van der Waals surface area contributed by atoms with Crippen LogP contribution < -0.4 is 0 Å². The molecule has 0 radical (unpaired) electrons. The molecule has 8 nitrogen and oxygen atoms in total. The zero-order valence-corrected chi connectivity index (χ0v) is 22.6. The molecule has 1 aromatic carbocycles. The predicted octanol–water partition coefficient (Wildman–Crippen LogP) is 4.78. The van der Waals surface area contributed by atoms with Crippen LogP contribution in [0.25, 0.3) is 22.0 Å². The summed E-state index contributed by atoms with van der Waals surface area (Å²) < 4.78 is 16.5. The number of amides is 1. The van der Waals surface area contributed by atoms with Crippen LogP contribution in [-0.2, 0) is 22.6 Å². The molecule has 1 aliphatic rings. The molecule has 0 saturated carbocycles. The number of thiophene rings is 1. The van der Waals surface area contributed by atoms with Gasteiger partial charge >= 0.3 is 0 Å². The normalized spacial score (nSPS) is 17.3. The summed E-state index contributed by atoms with van der Waals surface area (Å²) in [6.45, 7) is 4.70. The van der Waals surface area contributed by atoms with Crippen molar-refractivity contribution in [3.63, 3.8) is 0 Å². The Hall–Kier alpha value is -3.50. The Balaban J connectivity index is 1.41. The molecule has 11 heteroatoms. The maximum Gasteiger partial charge on any atom is 0.245 e. The largest absolute Gasteiger partial charge is 0.328 e. The summed E-state index contributed by atoms with van der Waals surface area (Å²) >= 11 is 7.45. The van der Waals surface area contributed by atoms with Crippen LogP contribution >= 0.6 is 22.9 Å². The van der Waals surface area contributed by atoms with Crippen molar-refractivity contribution in [1.82, 2.24) is 24.6 Å². The zero-order valence-electron chi connectivity index (χ0n) is 21.1. The highest BCUT2D eigenvalue weighted by Gasteiger charge is 2.39. The molecule has 1 fully saturated rings. The fourth-order valence-electron chi connectivity index (χ4n) is 4.83. The lowest BCUT2D eigenvalue weighted by Crippen LogP contribution is -2.43. The molecule has 5 rings (SSSR count). The molecule has 0 bridgehead atoms. The van der Waals surface area contributed by atoms with Crippen LogP contribution in [-0.4, -0.2) is 60.9 Å². The van der Waals surface area contributed by atoms with E-state index in [1.165, 1.54) is 27.8 Å². The van der Waals surface area contributed by atoms with E-state index in [1.807, 2.05) is 19.1 Å². The Bertz CT molecular complexity index is 1560. The number of Topliss-reactive ketones (excluding diaryl/α,β-unsaturated/α-hetero) is 2. The van der Waals surface area contributed by atoms with Gasteiger partial charge in [-0.3, -0.25) is 19.1 Å². The average molecular weight is 554 g/mol. The standard InChI is InChI=1S/C27H25ClFN5O3S/c1-14(35)27-21-6-17(19-10-30-16(3)31-11-19)4-5-22(21)34(32-27)13-26(37)33-12-20(29)9-23(33)24(36)7-18-8-25(28)38-15(18)2/h4-6,8,10-11,20,23H,7,9,12-13H2,1-3H3/t20-,23+/m1/s1. The first kappa shape index (κ1) is 26.1. The van der Waals surface area contributed by atoms with Crippen molar-refractivity contribution < 1.29 is 18.8 Å². The Morgan fingerprint density at radius 2 is 1.87 bits per heavy atom. The van der Waals surface area contributed by atoms with Gasteiger partial charge in [-0.05, 0) is 43.2 Å². The molecule has 2 atom stereocenters. The van der Waals surface area contributed by atoms with Crippen LogP contribution in [0.15, 0.2) is 36.7 Å². The summed E-state index contributed by atoms with van der Waals surface area (Å²) in [6, 6.07) is 6.33. The molecule has 0 aliphatic carbocycles. The van der Waals surface area contributed by atoms with E-state index in [-0.39, 0.29) is 43.2 Å². The molecule has 1 saturated heterocycles. The average Bonchev–Trinajstić information content (AvgIpc) is 3.54. The summed E-state index contributed by atoms with van der Waals surface area (Å²) in [7, 11) is 0. The fourth-order valence-corrected chi connectivity index (χ4v) is 6.06. The third-order valence-electron chi connectivity index (χ3n) is 6.78. The second kappa shape index (κ2) is 10.3. The molecule has 4 heterocycles. The summed E-state index contributed by atoms with van der Waals surface area (Å²) in [5.74, 6) is -0.259. The summed E-state index contributed by atoms with van der Waals surface area (Å²) in [5.41, 5.74) is 3.19. The number of alkyl halides is 1. The number of halogens is 2. The van der Waals surface area contributed by atoms with E-state index in [2.05, 4.69) is 15.1 Å². The first-order valence-electron chi connectivity index (χ1n) is 12.1. The first-order chi connectivity index (χ1) is 18.1. The quantitative estimate of drug-likeness (QED) is 0.306. The smallest absolute Gasteiger partial charge is 0.245 e. The molecule has 1 aliphatic heterocycles. The highest BCUT2D eigenvalue weighted by molar-refractivity contribution is 7.16. The maximum atomic E-state index is 14.5. The fraction of sp³-hybridized carbons (Fsp3) is 0.333. The number of carbonyl (C=O) groups excluding carboxylic acids is 3. The molecule has 196 valence electrons. The lowest BCUT2D eigenvalue weighted by Gasteiger charge is -2.23. The van der Waals surface area contributed by atoms with Crippen molar-refractivity contribution in [1.29, 1.82) is 0 Å². The number of carbonyl (C=O) groups is 3. The Labute approximate surface area is 227 Å². The van der Waals surface area contributed by atoms with Crippen LogP contribution in [0, 0.1) is 13.8 Å². The zero-order chi connectivity index (χ0) is 27.1. The number of nitrogens with zero attached hydrogens (tertiary/aromatic N) is 5. The molecule has 0 N–H and O–H groups in total. The van der Waals surface area contributed by atoms with Gasteiger partial charge in [0.25, 0.3) is 0 Å². The van der Waals surface area contributed by atoms with Crippen molar-refractivity contribution in [2.24, 2.45) is 0 Å². The van der Waals surface area contributed by atoms with Crippen molar-refractivity contribution in [2.75, 3.05) is 6.54 Å². The van der Waals surface area contributed by atoms with E-state index >= 15 is 0 Å². The van der Waals surface area contributed by atoms with E-state index in [9.17, 15) is 18.8 Å². The highest BCUT2D eigenvalue weighted by Crippen LogP contribution is 2.30. The number of aryl methyl sites for hydroxylation is 2. The van der Waals surface area contributed by atoms with Gasteiger partial charge in [-0.15, -0.1) is 11.3 Å². The molecule has 1 amide bonds. The SMILES string of the molecule is CC(=O)c1nn(CC(=O)N2C[C@H](F)C[C@H]2C(=O)Cc2cc(Cl)sc2C)c2ccc(-c3cnc(C)nc3)cc12. The van der Waals surface area contributed by atoms with Gasteiger partial charge in [-0.2, -0.15) is 5.10 Å². The topological polar surface area (TPSA) is 98.1 Å². The van der Waals surface area contributed by atoms with Crippen LogP contribution in [0.1, 0.15) is 40.1 Å². The minimum atomic E-state index is -1.29. The van der Waals surface area contributed by atoms with Gasteiger partial charge in [0.15, 0.2) is 11.6 Å². The number of aromatic nitrogens is 4. The monoisotopic (exact) mass is 553 g/mol. The van der Waals surface area contributed by atoms with Gasteiger partial charge in [-0.1, -0.05) is 17.7 Å². The van der Waals surface area contributed by atoms with Crippen molar-refractivity contribution in [3.05, 3.63) is 63.0 Å². The third-order valence-corrected chi connectivity index (χ3v) is 8.00. The summed E-state index contributed by atoms with van der Waals surface area (Å²) in [6.07, 6.45) is 2.16. The van der Waals surface area contributed by atoms with E-state index in [1.54, 1.807) is 31.5 Å². The molecule has 0 spiro atoms. The second-order valence-electron chi connectivity index (χ2n) is 9.48. The van der Waals surface area contributed by atoms with Crippen molar-refractivity contribution >= 4 is 51.3 Å². The molecule has 0 unspecified atom stereocenters. The second-order valence-corrected chi connectivity index (χ2v) is 11.4. The molecule has 3 aromatic heterocycles. The van der Waals surface area contributed by atoms with Gasteiger partial charge in [0.2, 0.25) is 5.91 Å². The maximum absolute atomic E-state index is 14.5. The third kappa shape index (κ3) is 5.10. The lowest BCUT2D eigenvalue weighted by atomic mass is 10.0. The molecule has 38 heavy (non-hydrogen) atoms. The number of hydrogen-bond donors (Lipinski definition) is 0.